The van der Waals surface area contributed by atoms with Crippen LogP contribution in [0.2, 0.25) is 0 Å². The Kier molecular flexibility index (Phi) is 1.71. The van der Waals surface area contributed by atoms with Gasteiger partial charge in [0.1, 0.15) is 0 Å². The van der Waals surface area contributed by atoms with E-state index in [9.17, 15) is 0 Å². The zero-order valence-corrected chi connectivity index (χ0v) is 7.47. The average Bonchev–Trinajstić information content (AvgIpc) is 2.67. The molecule has 2 saturated carbocycles. The molecule has 2 fully saturated rings. The molecule has 0 aromatic carbocycles. The minimum atomic E-state index is 0.793. The van der Waals surface area contributed by atoms with Crippen molar-refractivity contribution in [3.8, 4) is 0 Å². The third-order valence-electron chi connectivity index (χ3n) is 3.53. The topological polar surface area (TPSA) is 26.0 Å². The zero-order chi connectivity index (χ0) is 7.90. The van der Waals surface area contributed by atoms with Gasteiger partial charge in [-0.15, -0.1) is 0 Å². The molecule has 0 saturated heterocycles. The van der Waals surface area contributed by atoms with Gasteiger partial charge >= 0.3 is 0 Å². The monoisotopic (exact) mass is 153 g/mol. The number of nitrogens with two attached hydrogens (primary N) is 1. The van der Waals surface area contributed by atoms with E-state index in [2.05, 4.69) is 6.92 Å². The maximum absolute atomic E-state index is 5.71. The highest BCUT2D eigenvalue weighted by atomic mass is 14.6. The summed E-state index contributed by atoms with van der Waals surface area (Å²) >= 11 is 0. The Bertz CT molecular complexity index is 149. The molecule has 0 aromatic rings. The van der Waals surface area contributed by atoms with Crippen LogP contribution < -0.4 is 5.73 Å². The highest BCUT2D eigenvalue weighted by molar-refractivity contribution is 4.98. The fraction of sp³-hybridized carbons (Fsp3) is 1.00. The summed E-state index contributed by atoms with van der Waals surface area (Å²) in [5, 5.41) is 0. The average molecular weight is 153 g/mol. The maximum Gasteiger partial charge on any atom is -0.00486 e. The van der Waals surface area contributed by atoms with Crippen molar-refractivity contribution in [3.05, 3.63) is 0 Å². The van der Waals surface area contributed by atoms with Crippen molar-refractivity contribution >= 4 is 0 Å². The van der Waals surface area contributed by atoms with E-state index >= 15 is 0 Å². The first-order chi connectivity index (χ1) is 5.24. The maximum atomic E-state index is 5.71. The van der Waals surface area contributed by atoms with E-state index in [4.69, 9.17) is 5.73 Å². The molecule has 1 spiro atoms. The molecule has 0 amide bonds. The summed E-state index contributed by atoms with van der Waals surface area (Å²) in [5.41, 5.74) is 6.51. The van der Waals surface area contributed by atoms with Gasteiger partial charge in [0.25, 0.3) is 0 Å². The number of hydrogen-bond donors (Lipinski definition) is 1. The van der Waals surface area contributed by atoms with Crippen LogP contribution in [0.1, 0.15) is 39.0 Å². The van der Waals surface area contributed by atoms with E-state index in [-0.39, 0.29) is 0 Å². The minimum absolute atomic E-state index is 0.793. The van der Waals surface area contributed by atoms with Crippen LogP contribution in [0.5, 0.6) is 0 Å². The summed E-state index contributed by atoms with van der Waals surface area (Å²) < 4.78 is 0. The molecule has 2 rings (SSSR count). The summed E-state index contributed by atoms with van der Waals surface area (Å²) in [4.78, 5) is 0. The third-order valence-corrected chi connectivity index (χ3v) is 3.53. The van der Waals surface area contributed by atoms with Gasteiger partial charge in [0.15, 0.2) is 0 Å². The van der Waals surface area contributed by atoms with Crippen LogP contribution in [0.4, 0.5) is 0 Å². The van der Waals surface area contributed by atoms with Crippen LogP contribution in [-0.2, 0) is 0 Å². The third kappa shape index (κ3) is 1.44. The van der Waals surface area contributed by atoms with Crippen LogP contribution >= 0.6 is 0 Å². The van der Waals surface area contributed by atoms with Gasteiger partial charge in [0, 0.05) is 0 Å². The number of hydrogen-bond acceptors (Lipinski definition) is 1. The van der Waals surface area contributed by atoms with Crippen molar-refractivity contribution < 1.29 is 0 Å². The van der Waals surface area contributed by atoms with Crippen LogP contribution in [0.15, 0.2) is 0 Å². The largest absolute Gasteiger partial charge is 0.330 e. The molecule has 2 N–H and O–H groups in total. The van der Waals surface area contributed by atoms with Gasteiger partial charge in [0.2, 0.25) is 0 Å². The van der Waals surface area contributed by atoms with E-state index in [1.807, 2.05) is 0 Å². The molecule has 2 aliphatic carbocycles. The Hall–Kier alpha value is -0.0400. The van der Waals surface area contributed by atoms with E-state index in [0.29, 0.717) is 0 Å². The van der Waals surface area contributed by atoms with Crippen LogP contribution in [0.25, 0.3) is 0 Å². The molecule has 1 nitrogen and oxygen atoms in total. The van der Waals surface area contributed by atoms with Crippen molar-refractivity contribution in [2.45, 2.75) is 39.0 Å². The summed E-state index contributed by atoms with van der Waals surface area (Å²) in [7, 11) is 0. The molecule has 2 atom stereocenters. The van der Waals surface area contributed by atoms with Gasteiger partial charge in [-0.3, -0.25) is 0 Å². The van der Waals surface area contributed by atoms with Crippen molar-refractivity contribution in [2.75, 3.05) is 6.54 Å². The molecule has 1 heteroatoms. The summed E-state index contributed by atoms with van der Waals surface area (Å²) in [6.07, 6.45) is 7.30. The first kappa shape index (κ1) is 7.60. The second kappa shape index (κ2) is 2.48. The van der Waals surface area contributed by atoms with Crippen LogP contribution in [0.3, 0.4) is 0 Å². The lowest BCUT2D eigenvalue weighted by molar-refractivity contribution is 0.193. The predicted octanol–water partition coefficient (Wildman–Crippen LogP) is 2.16. The zero-order valence-electron chi connectivity index (χ0n) is 7.47. The summed E-state index contributed by atoms with van der Waals surface area (Å²) in [5.74, 6) is 1.79. The molecule has 0 aliphatic heterocycles. The molecular formula is C10H19N. The van der Waals surface area contributed by atoms with Crippen molar-refractivity contribution in [1.29, 1.82) is 0 Å². The predicted molar refractivity (Wildman–Crippen MR) is 47.2 cm³/mol. The standard InChI is InChI=1S/C10H19N/c1-8-4-9(7-11)6-10(5-8)2-3-10/h8-9H,2-7,11H2,1H3. The minimum Gasteiger partial charge on any atom is -0.330 e. The van der Waals surface area contributed by atoms with Crippen molar-refractivity contribution in [1.82, 2.24) is 0 Å². The fourth-order valence-corrected chi connectivity index (χ4v) is 2.94. The molecule has 0 aromatic heterocycles. The molecule has 2 aliphatic rings. The smallest absolute Gasteiger partial charge is 0.00486 e. The summed E-state index contributed by atoms with van der Waals surface area (Å²) in [6.45, 7) is 3.31. The highest BCUT2D eigenvalue weighted by Gasteiger charge is 2.47. The Morgan fingerprint density at radius 2 is 2.09 bits per heavy atom. The number of rotatable bonds is 1. The molecule has 2 unspecified atom stereocenters. The highest BCUT2D eigenvalue weighted by Crippen LogP contribution is 2.58. The van der Waals surface area contributed by atoms with E-state index in [0.717, 1.165) is 23.8 Å². The molecule has 64 valence electrons. The van der Waals surface area contributed by atoms with Gasteiger partial charge in [0.05, 0.1) is 0 Å². The van der Waals surface area contributed by atoms with Crippen molar-refractivity contribution in [3.63, 3.8) is 0 Å². The van der Waals surface area contributed by atoms with E-state index in [1.54, 1.807) is 0 Å². The molecule has 0 radical (unpaired) electrons. The van der Waals surface area contributed by atoms with Crippen molar-refractivity contribution in [2.24, 2.45) is 23.0 Å². The van der Waals surface area contributed by atoms with Gasteiger partial charge in [-0.05, 0) is 55.9 Å². The lowest BCUT2D eigenvalue weighted by Gasteiger charge is -2.32. The van der Waals surface area contributed by atoms with Gasteiger partial charge in [-0.1, -0.05) is 6.92 Å². The van der Waals surface area contributed by atoms with Gasteiger partial charge in [-0.25, -0.2) is 0 Å². The first-order valence-corrected chi connectivity index (χ1v) is 4.94. The fourth-order valence-electron chi connectivity index (χ4n) is 2.94. The SMILES string of the molecule is CC1CC(CN)CC2(CC2)C1. The lowest BCUT2D eigenvalue weighted by Crippen LogP contribution is -2.27. The molecule has 11 heavy (non-hydrogen) atoms. The molecular weight excluding hydrogens is 134 g/mol. The Balaban J connectivity index is 1.97. The normalized spacial score (nSPS) is 40.9. The van der Waals surface area contributed by atoms with E-state index < -0.39 is 0 Å². The Morgan fingerprint density at radius 3 is 2.64 bits per heavy atom. The Morgan fingerprint density at radius 1 is 1.36 bits per heavy atom. The second-order valence-electron chi connectivity index (χ2n) is 4.85. The van der Waals surface area contributed by atoms with Gasteiger partial charge in [-0.2, -0.15) is 0 Å². The van der Waals surface area contributed by atoms with Crippen LogP contribution in [-0.4, -0.2) is 6.54 Å². The van der Waals surface area contributed by atoms with Crippen LogP contribution in [0, 0.1) is 17.3 Å². The molecule has 0 bridgehead atoms. The second-order valence-corrected chi connectivity index (χ2v) is 4.85. The lowest BCUT2D eigenvalue weighted by atomic mass is 9.74. The Labute approximate surface area is 69.4 Å². The van der Waals surface area contributed by atoms with E-state index in [1.165, 1.54) is 32.1 Å². The quantitative estimate of drug-likeness (QED) is 0.614. The first-order valence-electron chi connectivity index (χ1n) is 4.94. The van der Waals surface area contributed by atoms with Gasteiger partial charge < -0.3 is 5.73 Å². The summed E-state index contributed by atoms with van der Waals surface area (Å²) in [6, 6.07) is 0. The molecule has 0 heterocycles.